The van der Waals surface area contributed by atoms with Gasteiger partial charge >= 0.3 is 0 Å². The Morgan fingerprint density at radius 1 is 1.09 bits per heavy atom. The molecule has 0 aromatic heterocycles. The van der Waals surface area contributed by atoms with Crippen LogP contribution in [0, 0.1) is 3.57 Å². The van der Waals surface area contributed by atoms with Gasteiger partial charge in [-0.25, -0.2) is 0 Å². The summed E-state index contributed by atoms with van der Waals surface area (Å²) in [6.45, 7) is 9.50. The van der Waals surface area contributed by atoms with Gasteiger partial charge in [0.15, 0.2) is 5.17 Å². The Labute approximate surface area is 295 Å². The molecule has 3 amide bonds. The van der Waals surface area contributed by atoms with Gasteiger partial charge in [0.2, 0.25) is 5.91 Å². The molecule has 0 unspecified atom stereocenters. The third kappa shape index (κ3) is 8.83. The van der Waals surface area contributed by atoms with Gasteiger partial charge in [0.05, 0.1) is 19.8 Å². The second-order valence-corrected chi connectivity index (χ2v) is 12.7. The Balaban J connectivity index is 1.63. The van der Waals surface area contributed by atoms with Crippen molar-refractivity contribution in [3.63, 3.8) is 0 Å². The standard InChI is InChI=1S/C36H31BrIN3O4S/c1-4-7-18-27(6-3)41-35(44)28(20-24-21-29(37)33(30(38)22-24)45-19-5-2)34(43)40-36(41)46-23-31(42)39-32(25-14-10-8-11-15-25)26-16-12-9-13-17-26/h4-18,20-22,32H,1-2,19,23H2,3H3,(H,39,42)/b18-7-,27-6+,28-20+. The molecule has 10 heteroatoms. The number of halogens is 2. The first-order valence-electron chi connectivity index (χ1n) is 14.2. The lowest BCUT2D eigenvalue weighted by Gasteiger charge is -2.28. The number of rotatable bonds is 12. The summed E-state index contributed by atoms with van der Waals surface area (Å²) in [5.74, 6) is -0.988. The van der Waals surface area contributed by atoms with Crippen LogP contribution in [0.25, 0.3) is 6.08 Å². The van der Waals surface area contributed by atoms with Gasteiger partial charge in [-0.2, -0.15) is 4.99 Å². The minimum atomic E-state index is -0.697. The number of aliphatic imine (C=N–C) groups is 1. The number of hydrogen-bond donors (Lipinski definition) is 1. The molecular formula is C36H31BrIN3O4S. The fraction of sp³-hybridized carbons (Fsp3) is 0.111. The summed E-state index contributed by atoms with van der Waals surface area (Å²) in [6, 6.07) is 22.5. The highest BCUT2D eigenvalue weighted by Crippen LogP contribution is 2.34. The lowest BCUT2D eigenvalue weighted by Crippen LogP contribution is -2.42. The van der Waals surface area contributed by atoms with Crippen molar-refractivity contribution in [3.05, 3.63) is 152 Å². The van der Waals surface area contributed by atoms with E-state index in [2.05, 4.69) is 62.0 Å². The third-order valence-electron chi connectivity index (χ3n) is 6.59. The Hall–Kier alpha value is -4.00. The fourth-order valence-corrected chi connectivity index (χ4v) is 7.08. The second-order valence-electron chi connectivity index (χ2n) is 9.73. The van der Waals surface area contributed by atoms with Crippen LogP contribution in [-0.2, 0) is 14.4 Å². The molecule has 7 nitrogen and oxygen atoms in total. The molecule has 0 saturated carbocycles. The van der Waals surface area contributed by atoms with Crippen LogP contribution in [0.4, 0.5) is 0 Å². The Bertz CT molecular complexity index is 1690. The predicted molar refractivity (Wildman–Crippen MR) is 198 cm³/mol. The Morgan fingerprint density at radius 2 is 1.74 bits per heavy atom. The molecule has 0 aliphatic carbocycles. The number of hydrogen-bond acceptors (Lipinski definition) is 5. The van der Waals surface area contributed by atoms with Gasteiger partial charge in [-0.15, -0.1) is 0 Å². The molecule has 4 rings (SSSR count). The zero-order valence-corrected chi connectivity index (χ0v) is 29.5. The molecule has 0 bridgehead atoms. The van der Waals surface area contributed by atoms with E-state index in [9.17, 15) is 14.4 Å². The lowest BCUT2D eigenvalue weighted by molar-refractivity contribution is -0.126. The first-order chi connectivity index (χ1) is 22.3. The summed E-state index contributed by atoms with van der Waals surface area (Å²) in [5, 5.41) is 3.20. The topological polar surface area (TPSA) is 88.1 Å². The van der Waals surface area contributed by atoms with E-state index in [4.69, 9.17) is 4.74 Å². The van der Waals surface area contributed by atoms with Gasteiger partial charge in [0, 0.05) is 5.70 Å². The van der Waals surface area contributed by atoms with Crippen LogP contribution in [0.15, 0.2) is 137 Å². The summed E-state index contributed by atoms with van der Waals surface area (Å²) < 4.78 is 7.17. The van der Waals surface area contributed by atoms with Crippen LogP contribution in [0.2, 0.25) is 0 Å². The van der Waals surface area contributed by atoms with Crippen molar-refractivity contribution in [1.29, 1.82) is 0 Å². The quantitative estimate of drug-likeness (QED) is 0.0659. The highest BCUT2D eigenvalue weighted by molar-refractivity contribution is 14.1. The molecule has 1 N–H and O–H groups in total. The van der Waals surface area contributed by atoms with Crippen LogP contribution in [-0.4, -0.2) is 40.1 Å². The highest BCUT2D eigenvalue weighted by Gasteiger charge is 2.35. The number of amides is 3. The van der Waals surface area contributed by atoms with Crippen molar-refractivity contribution < 1.29 is 19.1 Å². The number of nitrogens with one attached hydrogen (secondary N) is 1. The molecule has 3 aromatic rings. The van der Waals surface area contributed by atoms with E-state index in [0.717, 1.165) is 26.5 Å². The zero-order valence-electron chi connectivity index (χ0n) is 25.0. The average Bonchev–Trinajstić information content (AvgIpc) is 3.06. The zero-order chi connectivity index (χ0) is 33.1. The number of thioether (sulfide) groups is 1. The lowest BCUT2D eigenvalue weighted by atomic mass is 9.99. The normalized spacial score (nSPS) is 14.5. The van der Waals surface area contributed by atoms with Crippen LogP contribution in [0.1, 0.15) is 29.7 Å². The minimum absolute atomic E-state index is 0.0788. The number of allylic oxidation sites excluding steroid dienone is 4. The van der Waals surface area contributed by atoms with Gasteiger partial charge < -0.3 is 10.1 Å². The highest BCUT2D eigenvalue weighted by atomic mass is 127. The van der Waals surface area contributed by atoms with Crippen LogP contribution in [0.3, 0.4) is 0 Å². The van der Waals surface area contributed by atoms with Crippen LogP contribution < -0.4 is 10.1 Å². The summed E-state index contributed by atoms with van der Waals surface area (Å²) in [5.41, 5.74) is 2.83. The van der Waals surface area contributed by atoms with E-state index in [1.165, 1.54) is 11.0 Å². The number of ether oxygens (including phenoxy) is 1. The molecule has 1 aliphatic rings. The minimum Gasteiger partial charge on any atom is -0.487 e. The van der Waals surface area contributed by atoms with Crippen molar-refractivity contribution in [2.75, 3.05) is 12.4 Å². The smallest absolute Gasteiger partial charge is 0.285 e. The average molecular weight is 809 g/mol. The molecule has 0 atom stereocenters. The van der Waals surface area contributed by atoms with Crippen LogP contribution in [0.5, 0.6) is 5.75 Å². The Morgan fingerprint density at radius 3 is 2.30 bits per heavy atom. The van der Waals surface area contributed by atoms with Gasteiger partial charge in [-0.1, -0.05) is 110 Å². The van der Waals surface area contributed by atoms with Gasteiger partial charge in [-0.05, 0) is 86.4 Å². The van der Waals surface area contributed by atoms with E-state index in [0.29, 0.717) is 28.1 Å². The monoisotopic (exact) mass is 807 g/mol. The van der Waals surface area contributed by atoms with Crippen molar-refractivity contribution in [1.82, 2.24) is 10.2 Å². The number of carbonyl (C=O) groups is 3. The molecule has 46 heavy (non-hydrogen) atoms. The van der Waals surface area contributed by atoms with Crippen molar-refractivity contribution >= 4 is 79.2 Å². The number of benzene rings is 3. The molecule has 0 spiro atoms. The second kappa shape index (κ2) is 17.1. The van der Waals surface area contributed by atoms with Crippen molar-refractivity contribution in [2.24, 2.45) is 4.99 Å². The van der Waals surface area contributed by atoms with E-state index < -0.39 is 11.8 Å². The van der Waals surface area contributed by atoms with E-state index in [1.54, 1.807) is 43.4 Å². The van der Waals surface area contributed by atoms with Crippen LogP contribution >= 0.6 is 50.3 Å². The maximum atomic E-state index is 14.0. The fourth-order valence-electron chi connectivity index (χ4n) is 4.50. The van der Waals surface area contributed by atoms with Gasteiger partial charge in [-0.3, -0.25) is 19.3 Å². The SMILES string of the molecule is C=C/C=C\C(=C/C)N1C(=O)/C(=C/c2cc(Br)c(OCC=C)c(I)c2)C(=O)N=C1SCC(=O)NC(c1ccccc1)c1ccccc1. The predicted octanol–water partition coefficient (Wildman–Crippen LogP) is 8.01. The largest absolute Gasteiger partial charge is 0.487 e. The molecule has 0 saturated heterocycles. The number of amidine groups is 1. The third-order valence-corrected chi connectivity index (χ3v) is 8.92. The van der Waals surface area contributed by atoms with E-state index in [-0.39, 0.29) is 28.4 Å². The first-order valence-corrected chi connectivity index (χ1v) is 17.0. The molecule has 0 radical (unpaired) electrons. The maximum absolute atomic E-state index is 14.0. The van der Waals surface area contributed by atoms with Crippen molar-refractivity contribution in [3.8, 4) is 5.75 Å². The molecule has 0 fully saturated rings. The molecular weight excluding hydrogens is 777 g/mol. The molecule has 1 aliphatic heterocycles. The summed E-state index contributed by atoms with van der Waals surface area (Å²) in [4.78, 5) is 46.3. The Kier molecular flexibility index (Phi) is 12.9. The molecule has 1 heterocycles. The van der Waals surface area contributed by atoms with Gasteiger partial charge in [0.1, 0.15) is 17.9 Å². The first kappa shape index (κ1) is 34.9. The molecule has 3 aromatic carbocycles. The van der Waals surface area contributed by atoms with Crippen molar-refractivity contribution in [2.45, 2.75) is 13.0 Å². The summed E-state index contributed by atoms with van der Waals surface area (Å²) in [7, 11) is 0. The summed E-state index contributed by atoms with van der Waals surface area (Å²) in [6.07, 6.45) is 9.85. The number of nitrogens with zero attached hydrogens (tertiary/aromatic N) is 2. The van der Waals surface area contributed by atoms with Gasteiger partial charge in [0.25, 0.3) is 11.8 Å². The molecule has 234 valence electrons. The maximum Gasteiger partial charge on any atom is 0.285 e. The summed E-state index contributed by atoms with van der Waals surface area (Å²) >= 11 is 6.66. The van der Waals surface area contributed by atoms with E-state index >= 15 is 0 Å². The van der Waals surface area contributed by atoms with E-state index in [1.807, 2.05) is 66.7 Å². The number of carbonyl (C=O) groups excluding carboxylic acids is 3.